The number of halogens is 3. The van der Waals surface area contributed by atoms with E-state index in [9.17, 15) is 27.9 Å². The van der Waals surface area contributed by atoms with Gasteiger partial charge in [0.25, 0.3) is 0 Å². The first-order valence-corrected chi connectivity index (χ1v) is 10.1. The van der Waals surface area contributed by atoms with E-state index in [0.29, 0.717) is 0 Å². The van der Waals surface area contributed by atoms with Gasteiger partial charge < -0.3 is 20.3 Å². The molecule has 0 aliphatic rings. The van der Waals surface area contributed by atoms with Crippen molar-refractivity contribution in [1.29, 1.82) is 0 Å². The Morgan fingerprint density at radius 1 is 0.788 bits per heavy atom. The normalized spacial score (nSPS) is 12.8. The average Bonchev–Trinajstić information content (AvgIpc) is 2.79. The highest BCUT2D eigenvalue weighted by Crippen LogP contribution is 2.29. The highest BCUT2D eigenvalue weighted by Gasteiger charge is 2.30. The first kappa shape index (κ1) is 25.6. The molecule has 2 atom stereocenters. The van der Waals surface area contributed by atoms with Crippen LogP contribution in [-0.4, -0.2) is 17.0 Å². The highest BCUT2D eigenvalue weighted by atomic mass is 19.4. The topological polar surface area (TPSA) is 94.0 Å². The summed E-state index contributed by atoms with van der Waals surface area (Å²) in [5.41, 5.74) is 0.944. The van der Waals surface area contributed by atoms with Crippen LogP contribution in [0, 0.1) is 0 Å². The predicted molar refractivity (Wildman–Crippen MR) is 114 cm³/mol. The van der Waals surface area contributed by atoms with Gasteiger partial charge in [-0.25, -0.2) is 4.79 Å². The summed E-state index contributed by atoms with van der Waals surface area (Å²) in [7, 11) is 0. The van der Waals surface area contributed by atoms with E-state index >= 15 is 0 Å². The second kappa shape index (κ2) is 11.3. The number of hydrogen-bond donors (Lipinski definition) is 2. The number of carbonyl (C=O) groups excluding carboxylic acids is 1. The number of rotatable bonds is 6. The second-order valence-electron chi connectivity index (χ2n) is 7.44. The summed E-state index contributed by atoms with van der Waals surface area (Å²) in [5.74, 6) is -2.75. The zero-order chi connectivity index (χ0) is 24.6. The highest BCUT2D eigenvalue weighted by molar-refractivity contribution is 6.00. The Morgan fingerprint density at radius 2 is 1.24 bits per heavy atom. The molecule has 0 spiro atoms. The van der Waals surface area contributed by atoms with Crippen LogP contribution in [0.2, 0.25) is 0 Å². The van der Waals surface area contributed by atoms with Crippen LogP contribution in [0.25, 0.3) is 0 Å². The van der Waals surface area contributed by atoms with E-state index in [2.05, 4.69) is 24.4 Å². The molecule has 3 aromatic rings. The Morgan fingerprint density at radius 3 is 1.67 bits per heavy atom. The lowest BCUT2D eigenvalue weighted by Gasteiger charge is -2.18. The fraction of sp³-hybridized carbons (Fsp3) is 0.200. The summed E-state index contributed by atoms with van der Waals surface area (Å²) >= 11 is 0. The number of nitrogens with two attached hydrogens (primary N) is 1. The van der Waals surface area contributed by atoms with Gasteiger partial charge in [0.15, 0.2) is 0 Å². The summed E-state index contributed by atoms with van der Waals surface area (Å²) in [6.45, 7) is 4.10. The third-order valence-corrected chi connectivity index (χ3v) is 5.04. The fourth-order valence-corrected chi connectivity index (χ4v) is 3.24. The Bertz CT molecular complexity index is 1030. The number of quaternary nitrogens is 1. The maximum absolute atomic E-state index is 12.5. The molecule has 0 aliphatic carbocycles. The van der Waals surface area contributed by atoms with Gasteiger partial charge in [0.05, 0.1) is 17.1 Å². The molecular weight excluding hydrogens is 435 g/mol. The fourth-order valence-electron chi connectivity index (χ4n) is 3.24. The predicted octanol–water partition coefficient (Wildman–Crippen LogP) is 3.84. The lowest BCUT2D eigenvalue weighted by Crippen LogP contribution is -2.85. The zero-order valence-electron chi connectivity index (χ0n) is 18.0. The van der Waals surface area contributed by atoms with Crippen LogP contribution in [0.4, 0.5) is 13.2 Å². The molecule has 1 unspecified atom stereocenters. The van der Waals surface area contributed by atoms with Crippen molar-refractivity contribution in [3.8, 4) is 0 Å². The number of alkyl halides is 3. The molecule has 0 bridgehead atoms. The van der Waals surface area contributed by atoms with Crippen LogP contribution in [0.3, 0.4) is 0 Å². The van der Waals surface area contributed by atoms with Gasteiger partial charge in [-0.3, -0.25) is 0 Å². The quantitative estimate of drug-likeness (QED) is 0.586. The molecule has 174 valence electrons. The summed E-state index contributed by atoms with van der Waals surface area (Å²) in [6, 6.07) is 21.1. The van der Waals surface area contributed by atoms with Crippen LogP contribution in [0.5, 0.6) is 0 Å². The molecule has 0 aromatic heterocycles. The first-order chi connectivity index (χ1) is 15.5. The van der Waals surface area contributed by atoms with Crippen LogP contribution < -0.4 is 10.4 Å². The molecule has 0 saturated carbocycles. The number of hydrogen-bond acceptors (Lipinski definition) is 3. The van der Waals surface area contributed by atoms with Crippen LogP contribution >= 0.6 is 0 Å². The lowest BCUT2D eigenvalue weighted by molar-refractivity contribution is -0.728. The van der Waals surface area contributed by atoms with Gasteiger partial charge in [-0.2, -0.15) is 13.2 Å². The van der Waals surface area contributed by atoms with Crippen molar-refractivity contribution in [2.24, 2.45) is 0 Å². The van der Waals surface area contributed by atoms with E-state index in [4.69, 9.17) is 5.11 Å². The molecule has 0 aliphatic heterocycles. The Balaban J connectivity index is 0.000000273. The molecule has 0 heterocycles. The number of carboxylic acids is 2. The average molecular weight is 459 g/mol. The van der Waals surface area contributed by atoms with E-state index in [1.54, 1.807) is 12.1 Å². The van der Waals surface area contributed by atoms with E-state index in [-0.39, 0.29) is 23.2 Å². The number of aromatic carboxylic acids is 2. The van der Waals surface area contributed by atoms with Crippen molar-refractivity contribution >= 4 is 11.9 Å². The van der Waals surface area contributed by atoms with Crippen LogP contribution in [0.15, 0.2) is 78.9 Å². The molecule has 3 rings (SSSR count). The molecule has 5 nitrogen and oxygen atoms in total. The monoisotopic (exact) mass is 459 g/mol. The minimum absolute atomic E-state index is 0.0995. The summed E-state index contributed by atoms with van der Waals surface area (Å²) in [4.78, 5) is 20.8. The van der Waals surface area contributed by atoms with Gasteiger partial charge in [0, 0.05) is 16.7 Å². The molecule has 3 aromatic carbocycles. The Labute approximate surface area is 189 Å². The van der Waals surface area contributed by atoms with Crippen LogP contribution in [-0.2, 0) is 6.18 Å². The number of carbonyl (C=O) groups is 2. The summed E-state index contributed by atoms with van der Waals surface area (Å²) < 4.78 is 37.6. The van der Waals surface area contributed by atoms with E-state index in [1.165, 1.54) is 29.8 Å². The second-order valence-corrected chi connectivity index (χ2v) is 7.44. The summed E-state index contributed by atoms with van der Waals surface area (Å²) in [6.07, 6.45) is -4.27. The zero-order valence-corrected chi connectivity index (χ0v) is 18.0. The molecule has 0 amide bonds. The van der Waals surface area contributed by atoms with Gasteiger partial charge >= 0.3 is 12.1 Å². The smallest absolute Gasteiger partial charge is 0.416 e. The molecule has 33 heavy (non-hydrogen) atoms. The van der Waals surface area contributed by atoms with E-state index < -0.39 is 23.7 Å². The van der Waals surface area contributed by atoms with Crippen molar-refractivity contribution in [2.75, 3.05) is 0 Å². The molecule has 3 N–H and O–H groups in total. The van der Waals surface area contributed by atoms with Crippen molar-refractivity contribution in [3.05, 3.63) is 107 Å². The van der Waals surface area contributed by atoms with Crippen LogP contribution in [0.1, 0.15) is 63.3 Å². The molecule has 0 radical (unpaired) electrons. The first-order valence-electron chi connectivity index (χ1n) is 10.1. The van der Waals surface area contributed by atoms with Gasteiger partial charge in [0.2, 0.25) is 0 Å². The third kappa shape index (κ3) is 7.47. The van der Waals surface area contributed by atoms with Crippen molar-refractivity contribution in [1.82, 2.24) is 0 Å². The minimum atomic E-state index is -4.27. The SMILES string of the molecule is CC([NH2+][C@H](C)c1ccc(C(F)(F)F)cc1)c1ccccc1.O=C([O-])c1ccccc1C(=O)O. The largest absolute Gasteiger partial charge is 0.545 e. The van der Waals surface area contributed by atoms with E-state index in [1.807, 2.05) is 25.1 Å². The standard InChI is InChI=1S/C17H18F3N.C8H6O4/c1-12(14-6-4-3-5-7-14)21-13(2)15-8-10-16(11-9-15)17(18,19)20;9-7(10)5-3-1-2-4-6(5)8(11)12/h3-13,21H,1-2H3;1-4H,(H,9,10)(H,11,12)/t12?,13-;/m1./s1. The van der Waals surface area contributed by atoms with Gasteiger partial charge in [0.1, 0.15) is 12.1 Å². The molecule has 8 heteroatoms. The number of benzene rings is 3. The van der Waals surface area contributed by atoms with Crippen molar-refractivity contribution in [2.45, 2.75) is 32.1 Å². The minimum Gasteiger partial charge on any atom is -0.545 e. The molecule has 0 fully saturated rings. The third-order valence-electron chi connectivity index (χ3n) is 5.04. The van der Waals surface area contributed by atoms with Gasteiger partial charge in [-0.05, 0) is 32.0 Å². The molecule has 0 saturated heterocycles. The van der Waals surface area contributed by atoms with E-state index in [0.717, 1.165) is 17.7 Å². The van der Waals surface area contributed by atoms with Gasteiger partial charge in [-0.15, -0.1) is 0 Å². The van der Waals surface area contributed by atoms with Crippen molar-refractivity contribution in [3.63, 3.8) is 0 Å². The Kier molecular flexibility index (Phi) is 8.76. The molecular formula is C25H24F3NO4. The maximum Gasteiger partial charge on any atom is 0.416 e. The van der Waals surface area contributed by atoms with Gasteiger partial charge in [-0.1, -0.05) is 60.7 Å². The van der Waals surface area contributed by atoms with Crippen molar-refractivity contribution < 1.29 is 38.3 Å². The lowest BCUT2D eigenvalue weighted by atomic mass is 10.0. The Hall–Kier alpha value is -3.65. The summed E-state index contributed by atoms with van der Waals surface area (Å²) in [5, 5.41) is 21.0. The maximum atomic E-state index is 12.5. The number of carboxylic acid groups (broad SMARTS) is 2.